The van der Waals surface area contributed by atoms with Crippen LogP contribution in [0.25, 0.3) is 0 Å². The number of allylic oxidation sites excluding steroid dienone is 1. The Morgan fingerprint density at radius 1 is 1.18 bits per heavy atom. The van der Waals surface area contributed by atoms with E-state index in [0.29, 0.717) is 16.9 Å². The van der Waals surface area contributed by atoms with Gasteiger partial charge in [-0.15, -0.1) is 16.2 Å². The number of carbonyl (C=O) groups excluding carboxylic acids is 2. The number of amides is 1. The van der Waals surface area contributed by atoms with E-state index >= 15 is 0 Å². The largest absolute Gasteiger partial charge is 0.346 e. The van der Waals surface area contributed by atoms with Crippen molar-refractivity contribution in [1.82, 2.24) is 15.2 Å². The number of hydrogen-bond acceptors (Lipinski definition) is 6. The molecule has 1 aliphatic heterocycles. The molecule has 0 fully saturated rings. The Kier molecular flexibility index (Phi) is 6.08. The minimum absolute atomic E-state index is 0.0547. The molecule has 0 atom stereocenters. The number of aryl methyl sites for hydroxylation is 1. The molecule has 146 valence electrons. The third kappa shape index (κ3) is 4.94. The minimum Gasteiger partial charge on any atom is -0.346 e. The van der Waals surface area contributed by atoms with E-state index in [2.05, 4.69) is 10.3 Å². The summed E-state index contributed by atoms with van der Waals surface area (Å²) in [7, 11) is -3.87. The summed E-state index contributed by atoms with van der Waals surface area (Å²) in [4.78, 5) is 28.9. The molecular weight excluding hydrogens is 398 g/mol. The van der Waals surface area contributed by atoms with Crippen LogP contribution in [0.5, 0.6) is 0 Å². The molecule has 1 aromatic heterocycles. The van der Waals surface area contributed by atoms with E-state index in [1.54, 1.807) is 47.6 Å². The molecule has 9 heteroatoms. The van der Waals surface area contributed by atoms with Gasteiger partial charge in [-0.05, 0) is 36.9 Å². The molecule has 3 rings (SSSR count). The number of carbonyl (C=O) groups is 2. The van der Waals surface area contributed by atoms with Crippen molar-refractivity contribution in [3.8, 4) is 0 Å². The van der Waals surface area contributed by atoms with Crippen LogP contribution in [0.15, 0.2) is 70.7 Å². The molecule has 2 aromatic rings. The Morgan fingerprint density at radius 2 is 1.93 bits per heavy atom. The number of hydrazine groups is 1. The fourth-order valence-corrected chi connectivity index (χ4v) is 4.01. The molecule has 0 radical (unpaired) electrons. The zero-order valence-electron chi connectivity index (χ0n) is 15.1. The third-order valence-corrected chi connectivity index (χ3v) is 6.17. The molecule has 1 aliphatic rings. The lowest BCUT2D eigenvalue weighted by Crippen LogP contribution is -2.42. The van der Waals surface area contributed by atoms with Crippen LogP contribution in [0.2, 0.25) is 0 Å². The molecule has 0 unspecified atom stereocenters. The Labute approximate surface area is 167 Å². The number of benzene rings is 1. The zero-order valence-corrected chi connectivity index (χ0v) is 16.7. The van der Waals surface area contributed by atoms with Gasteiger partial charge in [0.05, 0.1) is 16.3 Å². The van der Waals surface area contributed by atoms with Gasteiger partial charge in [-0.2, -0.15) is 0 Å². The van der Waals surface area contributed by atoms with E-state index in [0.717, 1.165) is 5.56 Å². The highest BCUT2D eigenvalue weighted by Gasteiger charge is 2.19. The van der Waals surface area contributed by atoms with Gasteiger partial charge in [0.2, 0.25) is 0 Å². The summed E-state index contributed by atoms with van der Waals surface area (Å²) in [6.45, 7) is 1.95. The van der Waals surface area contributed by atoms with Gasteiger partial charge in [-0.25, -0.2) is 8.42 Å². The first-order valence-electron chi connectivity index (χ1n) is 8.44. The number of thiophene rings is 1. The van der Waals surface area contributed by atoms with Crippen molar-refractivity contribution < 1.29 is 18.0 Å². The predicted molar refractivity (Wildman–Crippen MR) is 107 cm³/mol. The summed E-state index contributed by atoms with van der Waals surface area (Å²) in [5, 5.41) is 1.83. The van der Waals surface area contributed by atoms with E-state index in [1.807, 2.05) is 12.3 Å². The fraction of sp³-hybridized carbons (Fsp3) is 0.158. The average Bonchev–Trinajstić information content (AvgIpc) is 3.22. The van der Waals surface area contributed by atoms with Crippen molar-refractivity contribution in [3.05, 3.63) is 76.3 Å². The summed E-state index contributed by atoms with van der Waals surface area (Å²) < 4.78 is 24.5. The van der Waals surface area contributed by atoms with Crippen LogP contribution in [-0.2, 0) is 14.8 Å². The van der Waals surface area contributed by atoms with E-state index in [1.165, 1.54) is 23.5 Å². The molecule has 1 aromatic carbocycles. The quantitative estimate of drug-likeness (QED) is 0.533. The lowest BCUT2D eigenvalue weighted by molar-refractivity contribution is -0.118. The SMILES string of the molecule is Cc1ccc(S(=O)(=O)NNC(=O)C2=CN(CC(=O)c3cccs3)C=CC2)cc1. The van der Waals surface area contributed by atoms with Crippen molar-refractivity contribution >= 4 is 33.1 Å². The normalized spacial score (nSPS) is 13.9. The number of sulfonamides is 1. The molecule has 2 N–H and O–H groups in total. The second-order valence-electron chi connectivity index (χ2n) is 6.19. The molecule has 0 aliphatic carbocycles. The molecule has 7 nitrogen and oxygen atoms in total. The molecule has 28 heavy (non-hydrogen) atoms. The van der Waals surface area contributed by atoms with Crippen LogP contribution in [0.1, 0.15) is 21.7 Å². The number of rotatable bonds is 7. The van der Waals surface area contributed by atoms with Gasteiger partial charge in [0.15, 0.2) is 5.78 Å². The van der Waals surface area contributed by atoms with Crippen molar-refractivity contribution in [2.24, 2.45) is 0 Å². The van der Waals surface area contributed by atoms with Crippen molar-refractivity contribution in [2.45, 2.75) is 18.2 Å². The molecule has 0 saturated heterocycles. The Balaban J connectivity index is 1.61. The van der Waals surface area contributed by atoms with Gasteiger partial charge in [0, 0.05) is 18.0 Å². The van der Waals surface area contributed by atoms with Gasteiger partial charge >= 0.3 is 0 Å². The first kappa shape index (κ1) is 20.0. The summed E-state index contributed by atoms with van der Waals surface area (Å²) in [6, 6.07) is 9.83. The maximum absolute atomic E-state index is 12.3. The van der Waals surface area contributed by atoms with E-state index in [9.17, 15) is 18.0 Å². The molecular formula is C19H19N3O4S2. The van der Waals surface area contributed by atoms with Gasteiger partial charge in [0.25, 0.3) is 15.9 Å². The summed E-state index contributed by atoms with van der Waals surface area (Å²) in [5.41, 5.74) is 3.49. The highest BCUT2D eigenvalue weighted by molar-refractivity contribution is 7.89. The second-order valence-corrected chi connectivity index (χ2v) is 8.82. The first-order chi connectivity index (χ1) is 13.3. The minimum atomic E-state index is -3.87. The summed E-state index contributed by atoms with van der Waals surface area (Å²) in [5.74, 6) is -0.633. The van der Waals surface area contributed by atoms with Crippen molar-refractivity contribution in [1.29, 1.82) is 0 Å². The van der Waals surface area contributed by atoms with E-state index in [-0.39, 0.29) is 17.2 Å². The van der Waals surface area contributed by atoms with Gasteiger partial charge < -0.3 is 4.90 Å². The van der Waals surface area contributed by atoms with Crippen LogP contribution in [0.3, 0.4) is 0 Å². The summed E-state index contributed by atoms with van der Waals surface area (Å²) >= 11 is 1.36. The molecule has 0 bridgehead atoms. The number of Topliss-reactive ketones (excluding diaryl/α,β-unsaturated/α-hetero) is 1. The first-order valence-corrected chi connectivity index (χ1v) is 10.8. The number of ketones is 1. The monoisotopic (exact) mass is 417 g/mol. The van der Waals surface area contributed by atoms with Crippen molar-refractivity contribution in [2.75, 3.05) is 6.54 Å². The van der Waals surface area contributed by atoms with Crippen LogP contribution in [0, 0.1) is 6.92 Å². The standard InChI is InChI=1S/C19H19N3O4S2/c1-14-6-8-16(9-7-14)28(25,26)21-20-19(24)15-4-2-10-22(12-15)13-17(23)18-5-3-11-27-18/h2-3,5-12,21H,4,13H2,1H3,(H,20,24). The third-order valence-electron chi connectivity index (χ3n) is 4.00. The number of hydrogen-bond donors (Lipinski definition) is 2. The van der Waals surface area contributed by atoms with Gasteiger partial charge in [0.1, 0.15) is 0 Å². The molecule has 2 heterocycles. The van der Waals surface area contributed by atoms with Crippen LogP contribution in [0.4, 0.5) is 0 Å². The topological polar surface area (TPSA) is 95.6 Å². The maximum atomic E-state index is 12.3. The van der Waals surface area contributed by atoms with Crippen LogP contribution in [-0.4, -0.2) is 31.6 Å². The van der Waals surface area contributed by atoms with Crippen LogP contribution >= 0.6 is 11.3 Å². The Bertz CT molecular complexity index is 1020. The van der Waals surface area contributed by atoms with Gasteiger partial charge in [-0.3, -0.25) is 15.0 Å². The van der Waals surface area contributed by atoms with E-state index in [4.69, 9.17) is 0 Å². The maximum Gasteiger partial charge on any atom is 0.263 e. The Morgan fingerprint density at radius 3 is 2.61 bits per heavy atom. The lowest BCUT2D eigenvalue weighted by atomic mass is 10.1. The van der Waals surface area contributed by atoms with Gasteiger partial charge in [-0.1, -0.05) is 29.8 Å². The highest BCUT2D eigenvalue weighted by Crippen LogP contribution is 2.15. The molecule has 0 spiro atoms. The molecule has 1 amide bonds. The Hall–Kier alpha value is -2.75. The zero-order chi connectivity index (χ0) is 20.1. The molecule has 0 saturated carbocycles. The number of nitrogens with zero attached hydrogens (tertiary/aromatic N) is 1. The second kappa shape index (κ2) is 8.51. The van der Waals surface area contributed by atoms with E-state index < -0.39 is 15.9 Å². The fourth-order valence-electron chi connectivity index (χ4n) is 2.51. The smallest absolute Gasteiger partial charge is 0.263 e. The summed E-state index contributed by atoms with van der Waals surface area (Å²) in [6.07, 6.45) is 5.34. The lowest BCUT2D eigenvalue weighted by Gasteiger charge is -2.20. The van der Waals surface area contributed by atoms with Crippen molar-refractivity contribution in [3.63, 3.8) is 0 Å². The number of nitrogens with one attached hydrogen (secondary N) is 2. The predicted octanol–water partition coefficient (Wildman–Crippen LogP) is 2.35. The highest BCUT2D eigenvalue weighted by atomic mass is 32.2. The van der Waals surface area contributed by atoms with Crippen LogP contribution < -0.4 is 10.3 Å². The average molecular weight is 418 g/mol.